The zero-order valence-electron chi connectivity index (χ0n) is 21.1. The van der Waals surface area contributed by atoms with E-state index < -0.39 is 0 Å². The van der Waals surface area contributed by atoms with Crippen molar-refractivity contribution < 1.29 is 14.3 Å². The first-order chi connectivity index (χ1) is 17.5. The summed E-state index contributed by atoms with van der Waals surface area (Å²) in [6.07, 6.45) is 2.07. The molecule has 1 aliphatic rings. The molecule has 0 bridgehead atoms. The Morgan fingerprint density at radius 3 is 2.44 bits per heavy atom. The fraction of sp³-hybridized carbons (Fsp3) is 0.233. The molecule has 0 radical (unpaired) electrons. The molecule has 6 heteroatoms. The van der Waals surface area contributed by atoms with Crippen LogP contribution in [0.25, 0.3) is 5.69 Å². The minimum absolute atomic E-state index is 0.208. The van der Waals surface area contributed by atoms with Gasteiger partial charge in [0.1, 0.15) is 11.5 Å². The number of carbonyl (C=O) groups excluding carboxylic acids is 1. The molecule has 36 heavy (non-hydrogen) atoms. The van der Waals surface area contributed by atoms with Gasteiger partial charge in [-0.2, -0.15) is 0 Å². The van der Waals surface area contributed by atoms with Crippen LogP contribution in [0.2, 0.25) is 0 Å². The molecule has 5 rings (SSSR count). The average molecular weight is 482 g/mol. The number of fused-ring (bicyclic) bond motifs is 3. The molecular weight excluding hydrogens is 450 g/mol. The summed E-state index contributed by atoms with van der Waals surface area (Å²) in [7, 11) is 3.19. The standard InChI is InChI=1S/C30H31N3O3/c1-20(2)21-11-13-22(14-12-21)29-27-10-7-17-32(27)26-9-6-5-8-23(26)19-33(29)30(34)31-25-16-15-24(35-3)18-28(25)36-4/h5-18,20,29H,19H2,1-4H3,(H,31,34)/t29-/m1/s1. The first kappa shape index (κ1) is 23.5. The number of nitrogens with one attached hydrogen (secondary N) is 1. The Labute approximate surface area is 212 Å². The van der Waals surface area contributed by atoms with Gasteiger partial charge in [0, 0.05) is 18.0 Å². The van der Waals surface area contributed by atoms with Crippen LogP contribution in [-0.2, 0) is 6.54 Å². The van der Waals surface area contributed by atoms with Gasteiger partial charge in [-0.15, -0.1) is 0 Å². The van der Waals surface area contributed by atoms with Crippen molar-refractivity contribution in [3.8, 4) is 17.2 Å². The highest BCUT2D eigenvalue weighted by Gasteiger charge is 2.33. The van der Waals surface area contributed by atoms with E-state index in [9.17, 15) is 4.79 Å². The number of anilines is 1. The molecule has 0 spiro atoms. The number of nitrogens with zero attached hydrogens (tertiary/aromatic N) is 2. The molecule has 1 N–H and O–H groups in total. The lowest BCUT2D eigenvalue weighted by molar-refractivity contribution is 0.194. The van der Waals surface area contributed by atoms with E-state index in [1.54, 1.807) is 26.4 Å². The SMILES string of the molecule is COc1ccc(NC(=O)N2Cc3ccccc3-n3cccc3[C@H]2c2ccc(C(C)C)cc2)c(OC)c1. The van der Waals surface area contributed by atoms with Crippen LogP contribution in [0.15, 0.2) is 85.1 Å². The van der Waals surface area contributed by atoms with E-state index in [4.69, 9.17) is 9.47 Å². The summed E-state index contributed by atoms with van der Waals surface area (Å²) >= 11 is 0. The van der Waals surface area contributed by atoms with Gasteiger partial charge in [0.25, 0.3) is 0 Å². The second kappa shape index (κ2) is 9.82. The van der Waals surface area contributed by atoms with E-state index in [0.717, 1.165) is 22.5 Å². The van der Waals surface area contributed by atoms with E-state index in [0.29, 0.717) is 29.6 Å². The van der Waals surface area contributed by atoms with Crippen LogP contribution in [0.5, 0.6) is 11.5 Å². The van der Waals surface area contributed by atoms with E-state index >= 15 is 0 Å². The molecule has 6 nitrogen and oxygen atoms in total. The highest BCUT2D eigenvalue weighted by atomic mass is 16.5. The van der Waals surface area contributed by atoms with Crippen LogP contribution in [0, 0.1) is 0 Å². The maximum Gasteiger partial charge on any atom is 0.323 e. The summed E-state index contributed by atoms with van der Waals surface area (Å²) in [6, 6.07) is 25.9. The van der Waals surface area contributed by atoms with Gasteiger partial charge >= 0.3 is 6.03 Å². The molecule has 1 atom stereocenters. The normalized spacial score (nSPS) is 14.6. The number of ether oxygens (including phenoxy) is 2. The predicted molar refractivity (Wildman–Crippen MR) is 142 cm³/mol. The zero-order chi connectivity index (χ0) is 25.2. The molecule has 2 amide bonds. The quantitative estimate of drug-likeness (QED) is 0.343. The molecule has 0 saturated heterocycles. The first-order valence-electron chi connectivity index (χ1n) is 12.1. The third kappa shape index (κ3) is 4.31. The Hall–Kier alpha value is -4.19. The molecule has 4 aromatic rings. The summed E-state index contributed by atoms with van der Waals surface area (Å²) in [5.41, 5.74) is 6.11. The number of carbonyl (C=O) groups is 1. The van der Waals surface area contributed by atoms with Crippen molar-refractivity contribution in [1.29, 1.82) is 0 Å². The second-order valence-corrected chi connectivity index (χ2v) is 9.28. The molecule has 1 aliphatic heterocycles. The lowest BCUT2D eigenvalue weighted by atomic mass is 9.97. The Morgan fingerprint density at radius 1 is 0.944 bits per heavy atom. The molecule has 0 aliphatic carbocycles. The molecule has 184 valence electrons. The number of amides is 2. The Balaban J connectivity index is 1.60. The number of benzene rings is 3. The summed E-state index contributed by atoms with van der Waals surface area (Å²) in [5, 5.41) is 3.09. The van der Waals surface area contributed by atoms with Gasteiger partial charge in [-0.1, -0.05) is 56.3 Å². The molecular formula is C30H31N3O3. The van der Waals surface area contributed by atoms with Crippen LogP contribution in [0.1, 0.15) is 48.2 Å². The van der Waals surface area contributed by atoms with Crippen LogP contribution in [0.4, 0.5) is 10.5 Å². The summed E-state index contributed by atoms with van der Waals surface area (Å²) in [5.74, 6) is 1.64. The highest BCUT2D eigenvalue weighted by molar-refractivity contribution is 5.92. The second-order valence-electron chi connectivity index (χ2n) is 9.28. The van der Waals surface area contributed by atoms with Crippen LogP contribution in [-0.4, -0.2) is 29.7 Å². The Kier molecular flexibility index (Phi) is 6.42. The lowest BCUT2D eigenvalue weighted by Crippen LogP contribution is -2.38. The van der Waals surface area contributed by atoms with Gasteiger partial charge in [-0.05, 0) is 52.9 Å². The van der Waals surface area contributed by atoms with Crippen molar-refractivity contribution in [2.75, 3.05) is 19.5 Å². The summed E-state index contributed by atoms with van der Waals surface area (Å²) in [6.45, 7) is 4.83. The number of urea groups is 1. The number of aromatic nitrogens is 1. The fourth-order valence-corrected chi connectivity index (χ4v) is 4.84. The van der Waals surface area contributed by atoms with Crippen molar-refractivity contribution in [3.63, 3.8) is 0 Å². The molecule has 0 fully saturated rings. The zero-order valence-corrected chi connectivity index (χ0v) is 21.1. The smallest absolute Gasteiger partial charge is 0.323 e. The maximum absolute atomic E-state index is 14.0. The first-order valence-corrected chi connectivity index (χ1v) is 12.1. The van der Waals surface area contributed by atoms with E-state index in [-0.39, 0.29) is 12.1 Å². The van der Waals surface area contributed by atoms with Crippen molar-refractivity contribution in [1.82, 2.24) is 9.47 Å². The van der Waals surface area contributed by atoms with Crippen LogP contribution in [0.3, 0.4) is 0 Å². The van der Waals surface area contributed by atoms with Crippen LogP contribution >= 0.6 is 0 Å². The summed E-state index contributed by atoms with van der Waals surface area (Å²) in [4.78, 5) is 15.9. The lowest BCUT2D eigenvalue weighted by Gasteiger charge is -2.31. The van der Waals surface area contributed by atoms with Crippen molar-refractivity contribution >= 4 is 11.7 Å². The minimum atomic E-state index is -0.280. The number of hydrogen-bond donors (Lipinski definition) is 1. The van der Waals surface area contributed by atoms with Gasteiger partial charge in [0.05, 0.1) is 38.2 Å². The third-order valence-corrected chi connectivity index (χ3v) is 6.79. The average Bonchev–Trinajstić information content (AvgIpc) is 3.33. The molecule has 1 aromatic heterocycles. The van der Waals surface area contributed by atoms with E-state index in [2.05, 4.69) is 72.4 Å². The fourth-order valence-electron chi connectivity index (χ4n) is 4.84. The molecule has 0 unspecified atom stereocenters. The van der Waals surface area contributed by atoms with Gasteiger partial charge < -0.3 is 24.3 Å². The maximum atomic E-state index is 14.0. The van der Waals surface area contributed by atoms with Gasteiger partial charge in [0.2, 0.25) is 0 Å². The number of rotatable bonds is 5. The topological polar surface area (TPSA) is 55.7 Å². The van der Waals surface area contributed by atoms with Gasteiger partial charge in [0.15, 0.2) is 0 Å². The highest BCUT2D eigenvalue weighted by Crippen LogP contribution is 2.38. The van der Waals surface area contributed by atoms with Crippen molar-refractivity contribution in [3.05, 3.63) is 107 Å². The third-order valence-electron chi connectivity index (χ3n) is 6.79. The molecule has 3 aromatic carbocycles. The monoisotopic (exact) mass is 481 g/mol. The predicted octanol–water partition coefficient (Wildman–Crippen LogP) is 6.76. The Morgan fingerprint density at radius 2 is 1.72 bits per heavy atom. The minimum Gasteiger partial charge on any atom is -0.497 e. The molecule has 2 heterocycles. The van der Waals surface area contributed by atoms with E-state index in [1.165, 1.54) is 5.56 Å². The van der Waals surface area contributed by atoms with Gasteiger partial charge in [-0.3, -0.25) is 0 Å². The number of hydrogen-bond acceptors (Lipinski definition) is 3. The number of para-hydroxylation sites is 1. The van der Waals surface area contributed by atoms with E-state index in [1.807, 2.05) is 29.2 Å². The Bertz CT molecular complexity index is 1370. The largest absolute Gasteiger partial charge is 0.497 e. The van der Waals surface area contributed by atoms with Crippen molar-refractivity contribution in [2.45, 2.75) is 32.4 Å². The summed E-state index contributed by atoms with van der Waals surface area (Å²) < 4.78 is 13.0. The van der Waals surface area contributed by atoms with Crippen molar-refractivity contribution in [2.24, 2.45) is 0 Å². The molecule has 0 saturated carbocycles. The van der Waals surface area contributed by atoms with Crippen LogP contribution < -0.4 is 14.8 Å². The van der Waals surface area contributed by atoms with Gasteiger partial charge in [-0.25, -0.2) is 4.79 Å². The number of methoxy groups -OCH3 is 2.